The average Bonchev–Trinajstić information content (AvgIpc) is 2.16. The first kappa shape index (κ1) is 11.9. The number of hydrogen-bond acceptors (Lipinski definition) is 3. The fourth-order valence-corrected chi connectivity index (χ4v) is 3.90. The van der Waals surface area contributed by atoms with Gasteiger partial charge in [0.05, 0.1) is 12.2 Å². The van der Waals surface area contributed by atoms with E-state index in [-0.39, 0.29) is 6.10 Å². The second-order valence-electron chi connectivity index (χ2n) is 6.22. The molecule has 2 unspecified atom stereocenters. The second kappa shape index (κ2) is 4.52. The molecule has 0 aromatic heterocycles. The summed E-state index contributed by atoms with van der Waals surface area (Å²) in [5.74, 6) is 0.716. The Hall–Kier alpha value is -0.120. The number of aliphatic hydroxyl groups is 1. The van der Waals surface area contributed by atoms with E-state index in [2.05, 4.69) is 12.2 Å². The first-order chi connectivity index (χ1) is 8.24. The molecule has 0 aliphatic heterocycles. The molecule has 3 heteroatoms. The van der Waals surface area contributed by atoms with Crippen LogP contribution in [0.25, 0.3) is 0 Å². The molecule has 2 N–H and O–H groups in total. The van der Waals surface area contributed by atoms with E-state index in [4.69, 9.17) is 4.74 Å². The standard InChI is InChI=1S/C14H25NO2/c1-2-17-13-8-12(14(13)4-3-5-14)15-9-10-6-11(16)7-10/h10-13,15-16H,2-9H2,1H3. The van der Waals surface area contributed by atoms with Crippen LogP contribution in [0, 0.1) is 11.3 Å². The zero-order chi connectivity index (χ0) is 11.9. The summed E-state index contributed by atoms with van der Waals surface area (Å²) < 4.78 is 5.85. The van der Waals surface area contributed by atoms with Crippen LogP contribution >= 0.6 is 0 Å². The number of rotatable bonds is 5. The van der Waals surface area contributed by atoms with Crippen LogP contribution in [0.2, 0.25) is 0 Å². The van der Waals surface area contributed by atoms with Gasteiger partial charge >= 0.3 is 0 Å². The van der Waals surface area contributed by atoms with Crippen LogP contribution in [-0.2, 0) is 4.74 Å². The molecule has 3 saturated carbocycles. The molecule has 2 atom stereocenters. The molecule has 17 heavy (non-hydrogen) atoms. The molecule has 0 saturated heterocycles. The first-order valence-electron chi connectivity index (χ1n) is 7.27. The summed E-state index contributed by atoms with van der Waals surface area (Å²) in [5, 5.41) is 13.0. The first-order valence-corrected chi connectivity index (χ1v) is 7.27. The smallest absolute Gasteiger partial charge is 0.0661 e. The van der Waals surface area contributed by atoms with Crippen molar-refractivity contribution in [1.82, 2.24) is 5.32 Å². The maximum Gasteiger partial charge on any atom is 0.0661 e. The molecule has 0 amide bonds. The summed E-state index contributed by atoms with van der Waals surface area (Å²) in [6.45, 7) is 4.05. The maximum atomic E-state index is 9.28. The summed E-state index contributed by atoms with van der Waals surface area (Å²) >= 11 is 0. The lowest BCUT2D eigenvalue weighted by atomic mass is 9.51. The topological polar surface area (TPSA) is 41.5 Å². The van der Waals surface area contributed by atoms with Crippen LogP contribution in [0.4, 0.5) is 0 Å². The second-order valence-corrected chi connectivity index (χ2v) is 6.22. The van der Waals surface area contributed by atoms with Gasteiger partial charge in [0.25, 0.3) is 0 Å². The third kappa shape index (κ3) is 1.92. The van der Waals surface area contributed by atoms with E-state index < -0.39 is 0 Å². The van der Waals surface area contributed by atoms with Crippen LogP contribution in [0.15, 0.2) is 0 Å². The summed E-state index contributed by atoms with van der Waals surface area (Å²) in [5.41, 5.74) is 0.484. The van der Waals surface area contributed by atoms with Crippen molar-refractivity contribution in [2.24, 2.45) is 11.3 Å². The van der Waals surface area contributed by atoms with Crippen molar-refractivity contribution in [3.63, 3.8) is 0 Å². The van der Waals surface area contributed by atoms with Gasteiger partial charge in [-0.3, -0.25) is 0 Å². The Morgan fingerprint density at radius 2 is 2.06 bits per heavy atom. The van der Waals surface area contributed by atoms with Gasteiger partial charge in [0, 0.05) is 18.1 Å². The van der Waals surface area contributed by atoms with E-state index in [0.29, 0.717) is 23.5 Å². The van der Waals surface area contributed by atoms with Crippen molar-refractivity contribution < 1.29 is 9.84 Å². The van der Waals surface area contributed by atoms with E-state index in [1.54, 1.807) is 0 Å². The Morgan fingerprint density at radius 1 is 1.29 bits per heavy atom. The molecular weight excluding hydrogens is 214 g/mol. The maximum absolute atomic E-state index is 9.28. The molecule has 3 rings (SSSR count). The van der Waals surface area contributed by atoms with Crippen molar-refractivity contribution >= 4 is 0 Å². The zero-order valence-electron chi connectivity index (χ0n) is 10.8. The van der Waals surface area contributed by atoms with Crippen molar-refractivity contribution in [2.75, 3.05) is 13.2 Å². The van der Waals surface area contributed by atoms with Gasteiger partial charge < -0.3 is 15.2 Å². The van der Waals surface area contributed by atoms with E-state index in [0.717, 1.165) is 26.0 Å². The summed E-state index contributed by atoms with van der Waals surface area (Å²) in [6, 6.07) is 0.686. The fraction of sp³-hybridized carbons (Fsp3) is 1.00. The number of hydrogen-bond donors (Lipinski definition) is 2. The van der Waals surface area contributed by atoms with Crippen LogP contribution < -0.4 is 5.32 Å². The van der Waals surface area contributed by atoms with Gasteiger partial charge in [0.2, 0.25) is 0 Å². The highest BCUT2D eigenvalue weighted by Crippen LogP contribution is 2.57. The number of nitrogens with one attached hydrogen (secondary N) is 1. The van der Waals surface area contributed by atoms with Crippen molar-refractivity contribution in [3.05, 3.63) is 0 Å². The molecule has 3 nitrogen and oxygen atoms in total. The Labute approximate surface area is 104 Å². The lowest BCUT2D eigenvalue weighted by Crippen LogP contribution is -2.67. The van der Waals surface area contributed by atoms with Crippen LogP contribution in [0.5, 0.6) is 0 Å². The zero-order valence-corrected chi connectivity index (χ0v) is 10.8. The van der Waals surface area contributed by atoms with Gasteiger partial charge in [-0.15, -0.1) is 0 Å². The summed E-state index contributed by atoms with van der Waals surface area (Å²) in [4.78, 5) is 0. The third-order valence-corrected chi connectivity index (χ3v) is 5.30. The van der Waals surface area contributed by atoms with E-state index >= 15 is 0 Å². The molecule has 0 bridgehead atoms. The largest absolute Gasteiger partial charge is 0.393 e. The minimum Gasteiger partial charge on any atom is -0.393 e. The normalized spacial score (nSPS) is 42.7. The van der Waals surface area contributed by atoms with Gasteiger partial charge in [-0.25, -0.2) is 0 Å². The fourth-order valence-electron chi connectivity index (χ4n) is 3.90. The van der Waals surface area contributed by atoms with Gasteiger partial charge in [-0.05, 0) is 51.5 Å². The predicted octanol–water partition coefficient (Wildman–Crippen LogP) is 1.69. The molecule has 0 heterocycles. The molecule has 98 valence electrons. The van der Waals surface area contributed by atoms with E-state index in [1.807, 2.05) is 0 Å². The molecule has 3 aliphatic rings. The Bertz CT molecular complexity index is 271. The predicted molar refractivity (Wildman–Crippen MR) is 66.8 cm³/mol. The highest BCUT2D eigenvalue weighted by molar-refractivity contribution is 5.12. The highest BCUT2D eigenvalue weighted by atomic mass is 16.5. The third-order valence-electron chi connectivity index (χ3n) is 5.30. The van der Waals surface area contributed by atoms with Gasteiger partial charge in [-0.2, -0.15) is 0 Å². The molecular formula is C14H25NO2. The van der Waals surface area contributed by atoms with Crippen molar-refractivity contribution in [3.8, 4) is 0 Å². The lowest BCUT2D eigenvalue weighted by Gasteiger charge is -2.61. The SMILES string of the molecule is CCOC1CC(NCC2CC(O)C2)C12CCC2. The molecule has 3 fully saturated rings. The highest BCUT2D eigenvalue weighted by Gasteiger charge is 2.58. The van der Waals surface area contributed by atoms with Gasteiger partial charge in [-0.1, -0.05) is 6.42 Å². The molecule has 0 aromatic rings. The summed E-state index contributed by atoms with van der Waals surface area (Å²) in [6.07, 6.45) is 7.78. The van der Waals surface area contributed by atoms with E-state index in [9.17, 15) is 5.11 Å². The lowest BCUT2D eigenvalue weighted by molar-refractivity contribution is -0.173. The van der Waals surface area contributed by atoms with Crippen molar-refractivity contribution in [1.29, 1.82) is 0 Å². The van der Waals surface area contributed by atoms with Crippen LogP contribution in [-0.4, -0.2) is 36.5 Å². The van der Waals surface area contributed by atoms with Crippen molar-refractivity contribution in [2.45, 2.75) is 63.7 Å². The Kier molecular flexibility index (Phi) is 3.18. The molecule has 0 aromatic carbocycles. The summed E-state index contributed by atoms with van der Waals surface area (Å²) in [7, 11) is 0. The Morgan fingerprint density at radius 3 is 2.59 bits per heavy atom. The number of aliphatic hydroxyl groups excluding tert-OH is 1. The van der Waals surface area contributed by atoms with E-state index in [1.165, 1.54) is 25.7 Å². The van der Waals surface area contributed by atoms with Gasteiger partial charge in [0.1, 0.15) is 0 Å². The van der Waals surface area contributed by atoms with Gasteiger partial charge in [0.15, 0.2) is 0 Å². The number of ether oxygens (including phenoxy) is 1. The minimum absolute atomic E-state index is 0.0166. The Balaban J connectivity index is 1.45. The average molecular weight is 239 g/mol. The van der Waals surface area contributed by atoms with Crippen LogP contribution in [0.1, 0.15) is 45.4 Å². The molecule has 1 spiro atoms. The quantitative estimate of drug-likeness (QED) is 0.767. The minimum atomic E-state index is -0.0166. The van der Waals surface area contributed by atoms with Crippen LogP contribution in [0.3, 0.4) is 0 Å². The monoisotopic (exact) mass is 239 g/mol. The molecule has 3 aliphatic carbocycles. The molecule has 0 radical (unpaired) electrons.